The van der Waals surface area contributed by atoms with Crippen molar-refractivity contribution in [3.05, 3.63) is 42.0 Å². The number of benzene rings is 1. The smallest absolute Gasteiger partial charge is 0.344 e. The topological polar surface area (TPSA) is 58.2 Å². The summed E-state index contributed by atoms with van der Waals surface area (Å²) >= 11 is 0. The van der Waals surface area contributed by atoms with Gasteiger partial charge in [0.1, 0.15) is 0 Å². The van der Waals surface area contributed by atoms with Gasteiger partial charge < -0.3 is 10.6 Å². The van der Waals surface area contributed by atoms with Gasteiger partial charge in [0.25, 0.3) is 0 Å². The van der Waals surface area contributed by atoms with E-state index in [4.69, 9.17) is 0 Å². The molecule has 0 aliphatic rings. The number of allylic oxidation sites excluding steroid dienone is 1. The minimum Gasteiger partial charge on any atom is -0.344 e. The summed E-state index contributed by atoms with van der Waals surface area (Å²) < 4.78 is 36.1. The first-order valence-corrected chi connectivity index (χ1v) is 6.61. The standard InChI is InChI=1S/C15H17F3N2O2/c1-10(2)3-8-13(21)20-12-6-4-11(5-7-12)9-19-14(22)15(16,17)18/h3-8,10H,9H2,1-2H3,(H,19,22)(H,20,21)/b8-3+. The molecule has 0 atom stereocenters. The minimum atomic E-state index is -4.89. The zero-order valence-corrected chi connectivity index (χ0v) is 12.2. The number of anilines is 1. The second-order valence-electron chi connectivity index (χ2n) is 4.97. The van der Waals surface area contributed by atoms with E-state index < -0.39 is 12.1 Å². The van der Waals surface area contributed by atoms with E-state index in [-0.39, 0.29) is 18.4 Å². The molecule has 22 heavy (non-hydrogen) atoms. The highest BCUT2D eigenvalue weighted by Crippen LogP contribution is 2.15. The fourth-order valence-corrected chi connectivity index (χ4v) is 1.45. The molecule has 0 heterocycles. The lowest BCUT2D eigenvalue weighted by atomic mass is 10.2. The molecule has 7 heteroatoms. The molecule has 0 saturated carbocycles. The van der Waals surface area contributed by atoms with Crippen molar-refractivity contribution in [1.29, 1.82) is 0 Å². The van der Waals surface area contributed by atoms with Crippen molar-refractivity contribution in [2.24, 2.45) is 5.92 Å². The number of hydrogen-bond acceptors (Lipinski definition) is 2. The van der Waals surface area contributed by atoms with Gasteiger partial charge in [-0.05, 0) is 29.7 Å². The Morgan fingerprint density at radius 1 is 1.18 bits per heavy atom. The second-order valence-corrected chi connectivity index (χ2v) is 4.97. The van der Waals surface area contributed by atoms with Gasteiger partial charge in [-0.15, -0.1) is 0 Å². The Morgan fingerprint density at radius 2 is 1.77 bits per heavy atom. The first-order valence-electron chi connectivity index (χ1n) is 6.61. The summed E-state index contributed by atoms with van der Waals surface area (Å²) in [6.07, 6.45) is -1.73. The van der Waals surface area contributed by atoms with E-state index in [9.17, 15) is 22.8 Å². The minimum absolute atomic E-state index is 0.236. The van der Waals surface area contributed by atoms with E-state index in [0.29, 0.717) is 11.3 Å². The van der Waals surface area contributed by atoms with E-state index in [1.165, 1.54) is 18.2 Å². The normalized spacial score (nSPS) is 11.7. The van der Waals surface area contributed by atoms with Crippen LogP contribution in [0.5, 0.6) is 0 Å². The summed E-state index contributed by atoms with van der Waals surface area (Å²) in [7, 11) is 0. The fraction of sp³-hybridized carbons (Fsp3) is 0.333. The molecule has 0 fully saturated rings. The van der Waals surface area contributed by atoms with Gasteiger partial charge in [-0.25, -0.2) is 0 Å². The van der Waals surface area contributed by atoms with Crippen LogP contribution < -0.4 is 10.6 Å². The van der Waals surface area contributed by atoms with Crippen molar-refractivity contribution in [3.63, 3.8) is 0 Å². The van der Waals surface area contributed by atoms with Crippen molar-refractivity contribution in [2.75, 3.05) is 5.32 Å². The molecule has 0 aromatic heterocycles. The summed E-state index contributed by atoms with van der Waals surface area (Å²) in [6.45, 7) is 3.64. The SMILES string of the molecule is CC(C)/C=C/C(=O)Nc1ccc(CNC(=O)C(F)(F)F)cc1. The molecule has 0 unspecified atom stereocenters. The van der Waals surface area contributed by atoms with Crippen LogP contribution in [0.3, 0.4) is 0 Å². The van der Waals surface area contributed by atoms with Crippen LogP contribution in [0.15, 0.2) is 36.4 Å². The number of alkyl halides is 3. The molecule has 0 aliphatic heterocycles. The third kappa shape index (κ3) is 6.43. The highest BCUT2D eigenvalue weighted by Gasteiger charge is 2.38. The Morgan fingerprint density at radius 3 is 2.27 bits per heavy atom. The summed E-state index contributed by atoms with van der Waals surface area (Å²) in [5.41, 5.74) is 1.01. The van der Waals surface area contributed by atoms with Crippen LogP contribution in [-0.2, 0) is 16.1 Å². The van der Waals surface area contributed by atoms with Gasteiger partial charge in [0.2, 0.25) is 5.91 Å². The number of hydrogen-bond donors (Lipinski definition) is 2. The van der Waals surface area contributed by atoms with Crippen molar-refractivity contribution in [3.8, 4) is 0 Å². The molecule has 120 valence electrons. The number of nitrogens with one attached hydrogen (secondary N) is 2. The van der Waals surface area contributed by atoms with Crippen LogP contribution in [-0.4, -0.2) is 18.0 Å². The number of carbonyl (C=O) groups is 2. The van der Waals surface area contributed by atoms with Gasteiger partial charge in [-0.3, -0.25) is 9.59 Å². The largest absolute Gasteiger partial charge is 0.471 e. The van der Waals surface area contributed by atoms with Crippen LogP contribution in [0, 0.1) is 5.92 Å². The van der Waals surface area contributed by atoms with Gasteiger partial charge in [0.15, 0.2) is 0 Å². The molecule has 1 aromatic rings. The lowest BCUT2D eigenvalue weighted by Crippen LogP contribution is -2.36. The van der Waals surface area contributed by atoms with E-state index in [1.54, 1.807) is 23.5 Å². The van der Waals surface area contributed by atoms with Crippen molar-refractivity contribution in [1.82, 2.24) is 5.32 Å². The third-order valence-electron chi connectivity index (χ3n) is 2.56. The lowest BCUT2D eigenvalue weighted by molar-refractivity contribution is -0.173. The highest BCUT2D eigenvalue weighted by molar-refractivity contribution is 5.99. The van der Waals surface area contributed by atoms with Gasteiger partial charge >= 0.3 is 12.1 Å². The van der Waals surface area contributed by atoms with E-state index in [1.807, 2.05) is 13.8 Å². The van der Waals surface area contributed by atoms with Crippen LogP contribution in [0.25, 0.3) is 0 Å². The number of carbonyl (C=O) groups excluding carboxylic acids is 2. The predicted octanol–water partition coefficient (Wildman–Crippen LogP) is 3.02. The molecule has 2 amide bonds. The number of rotatable bonds is 5. The Bertz CT molecular complexity index is 549. The zero-order chi connectivity index (χ0) is 16.8. The first kappa shape index (κ1) is 17.7. The first-order chi connectivity index (χ1) is 10.2. The van der Waals surface area contributed by atoms with Gasteiger partial charge in [-0.1, -0.05) is 32.1 Å². The summed E-state index contributed by atoms with van der Waals surface area (Å²) in [4.78, 5) is 22.2. The Kier molecular flexibility index (Phi) is 6.15. The predicted molar refractivity (Wildman–Crippen MR) is 77.0 cm³/mol. The quantitative estimate of drug-likeness (QED) is 0.821. The van der Waals surface area contributed by atoms with Crippen molar-refractivity contribution >= 4 is 17.5 Å². The van der Waals surface area contributed by atoms with Gasteiger partial charge in [0, 0.05) is 12.2 Å². The van der Waals surface area contributed by atoms with Gasteiger partial charge in [-0.2, -0.15) is 13.2 Å². The molecule has 0 radical (unpaired) electrons. The summed E-state index contributed by atoms with van der Waals surface area (Å²) in [5.74, 6) is -2.01. The molecule has 2 N–H and O–H groups in total. The molecular formula is C15H17F3N2O2. The summed E-state index contributed by atoms with van der Waals surface area (Å²) in [5, 5.41) is 4.39. The Balaban J connectivity index is 2.53. The average Bonchev–Trinajstić information content (AvgIpc) is 2.43. The van der Waals surface area contributed by atoms with E-state index in [0.717, 1.165) is 0 Å². The molecule has 0 aliphatic carbocycles. The maximum atomic E-state index is 12.0. The number of amides is 2. The van der Waals surface area contributed by atoms with Crippen LogP contribution in [0.1, 0.15) is 19.4 Å². The van der Waals surface area contributed by atoms with Crippen LogP contribution in [0.2, 0.25) is 0 Å². The second kappa shape index (κ2) is 7.63. The fourth-order valence-electron chi connectivity index (χ4n) is 1.45. The van der Waals surface area contributed by atoms with Crippen molar-refractivity contribution < 1.29 is 22.8 Å². The van der Waals surface area contributed by atoms with Crippen LogP contribution in [0.4, 0.5) is 18.9 Å². The Labute approximate surface area is 126 Å². The molecule has 0 spiro atoms. The molecule has 4 nitrogen and oxygen atoms in total. The lowest BCUT2D eigenvalue weighted by Gasteiger charge is -2.08. The average molecular weight is 314 g/mol. The molecule has 1 aromatic carbocycles. The molecule has 0 bridgehead atoms. The maximum Gasteiger partial charge on any atom is 0.471 e. The van der Waals surface area contributed by atoms with E-state index in [2.05, 4.69) is 5.32 Å². The molecular weight excluding hydrogens is 297 g/mol. The zero-order valence-electron chi connectivity index (χ0n) is 12.2. The van der Waals surface area contributed by atoms with Crippen LogP contribution >= 0.6 is 0 Å². The maximum absolute atomic E-state index is 12.0. The number of halogens is 3. The van der Waals surface area contributed by atoms with Crippen molar-refractivity contribution in [2.45, 2.75) is 26.6 Å². The monoisotopic (exact) mass is 314 g/mol. The summed E-state index contributed by atoms with van der Waals surface area (Å²) in [6, 6.07) is 6.16. The Hall–Kier alpha value is -2.31. The highest BCUT2D eigenvalue weighted by atomic mass is 19.4. The third-order valence-corrected chi connectivity index (χ3v) is 2.56. The molecule has 0 saturated heterocycles. The van der Waals surface area contributed by atoms with E-state index >= 15 is 0 Å². The van der Waals surface area contributed by atoms with Gasteiger partial charge in [0.05, 0.1) is 0 Å². The molecule has 1 rings (SSSR count).